The Hall–Kier alpha value is -2.54. The summed E-state index contributed by atoms with van der Waals surface area (Å²) in [5, 5.41) is 9.16. The van der Waals surface area contributed by atoms with Crippen LogP contribution in [0.5, 0.6) is 5.75 Å². The van der Waals surface area contributed by atoms with Crippen LogP contribution in [0.1, 0.15) is 15.9 Å². The average molecular weight is 321 g/mol. The fourth-order valence-electron chi connectivity index (χ4n) is 1.84. The van der Waals surface area contributed by atoms with E-state index >= 15 is 0 Å². The second kappa shape index (κ2) is 6.07. The summed E-state index contributed by atoms with van der Waals surface area (Å²) in [5.74, 6) is -0.879. The van der Waals surface area contributed by atoms with Gasteiger partial charge in [-0.25, -0.2) is 13.2 Å². The van der Waals surface area contributed by atoms with Gasteiger partial charge in [-0.3, -0.25) is 4.72 Å². The zero-order valence-electron chi connectivity index (χ0n) is 12.0. The van der Waals surface area contributed by atoms with Gasteiger partial charge in [0.2, 0.25) is 0 Å². The number of ether oxygens (including phenoxy) is 1. The molecule has 0 spiro atoms. The summed E-state index contributed by atoms with van der Waals surface area (Å²) in [6.07, 6.45) is 0. The number of hydrogen-bond donors (Lipinski definition) is 2. The SMILES string of the molecule is COc1ccc(C(=O)O)c(NS(=O)(=O)c2ccc(C)cc2)c1. The van der Waals surface area contributed by atoms with Crippen LogP contribution in [0, 0.1) is 6.92 Å². The molecule has 116 valence electrons. The molecular weight excluding hydrogens is 306 g/mol. The van der Waals surface area contributed by atoms with Gasteiger partial charge in [0.25, 0.3) is 10.0 Å². The Balaban J connectivity index is 2.44. The first-order chi connectivity index (χ1) is 10.3. The van der Waals surface area contributed by atoms with Crippen LogP contribution in [0.4, 0.5) is 5.69 Å². The van der Waals surface area contributed by atoms with Crippen molar-refractivity contribution in [3.8, 4) is 5.75 Å². The van der Waals surface area contributed by atoms with E-state index in [1.165, 1.54) is 37.4 Å². The van der Waals surface area contributed by atoms with Crippen molar-refractivity contribution in [1.29, 1.82) is 0 Å². The van der Waals surface area contributed by atoms with Gasteiger partial charge in [-0.05, 0) is 31.2 Å². The minimum atomic E-state index is -3.88. The van der Waals surface area contributed by atoms with Crippen molar-refractivity contribution < 1.29 is 23.1 Å². The number of aromatic carboxylic acids is 1. The van der Waals surface area contributed by atoms with E-state index < -0.39 is 16.0 Å². The summed E-state index contributed by atoms with van der Waals surface area (Å²) in [4.78, 5) is 11.3. The molecule has 22 heavy (non-hydrogen) atoms. The van der Waals surface area contributed by atoms with E-state index in [9.17, 15) is 13.2 Å². The van der Waals surface area contributed by atoms with Gasteiger partial charge in [0.15, 0.2) is 0 Å². The molecule has 0 amide bonds. The Morgan fingerprint density at radius 1 is 1.14 bits per heavy atom. The first-order valence-electron chi connectivity index (χ1n) is 6.34. The highest BCUT2D eigenvalue weighted by Crippen LogP contribution is 2.25. The van der Waals surface area contributed by atoms with E-state index in [0.29, 0.717) is 5.75 Å². The fourth-order valence-corrected chi connectivity index (χ4v) is 2.91. The number of sulfonamides is 1. The molecule has 0 saturated heterocycles. The second-order valence-electron chi connectivity index (χ2n) is 4.64. The maximum atomic E-state index is 12.3. The maximum Gasteiger partial charge on any atom is 0.337 e. The molecular formula is C15H15NO5S. The molecule has 0 fully saturated rings. The van der Waals surface area contributed by atoms with Crippen LogP contribution in [0.15, 0.2) is 47.4 Å². The van der Waals surface area contributed by atoms with Crippen molar-refractivity contribution in [3.63, 3.8) is 0 Å². The first-order valence-corrected chi connectivity index (χ1v) is 7.82. The molecule has 0 aromatic heterocycles. The highest BCUT2D eigenvalue weighted by molar-refractivity contribution is 7.92. The molecule has 0 heterocycles. The molecule has 2 aromatic rings. The molecule has 0 aliphatic rings. The molecule has 0 aliphatic heterocycles. The van der Waals surface area contributed by atoms with E-state index in [2.05, 4.69) is 4.72 Å². The number of benzene rings is 2. The third-order valence-corrected chi connectivity index (χ3v) is 4.41. The van der Waals surface area contributed by atoms with E-state index in [1.54, 1.807) is 12.1 Å². The largest absolute Gasteiger partial charge is 0.497 e. The van der Waals surface area contributed by atoms with Gasteiger partial charge in [-0.15, -0.1) is 0 Å². The number of rotatable bonds is 5. The lowest BCUT2D eigenvalue weighted by Crippen LogP contribution is -2.15. The normalized spacial score (nSPS) is 11.0. The van der Waals surface area contributed by atoms with Crippen molar-refractivity contribution >= 4 is 21.7 Å². The summed E-state index contributed by atoms with van der Waals surface area (Å²) < 4.78 is 32.0. The van der Waals surface area contributed by atoms with Gasteiger partial charge in [-0.1, -0.05) is 17.7 Å². The summed E-state index contributed by atoms with van der Waals surface area (Å²) in [7, 11) is -2.47. The zero-order chi connectivity index (χ0) is 16.3. The smallest absolute Gasteiger partial charge is 0.337 e. The van der Waals surface area contributed by atoms with E-state index in [-0.39, 0.29) is 16.1 Å². The molecule has 6 nitrogen and oxygen atoms in total. The summed E-state index contributed by atoms with van der Waals surface area (Å²) in [6, 6.07) is 10.3. The van der Waals surface area contributed by atoms with Gasteiger partial charge < -0.3 is 9.84 Å². The number of hydrogen-bond acceptors (Lipinski definition) is 4. The molecule has 7 heteroatoms. The first kappa shape index (κ1) is 15.8. The number of aryl methyl sites for hydroxylation is 1. The van der Waals surface area contributed by atoms with Crippen LogP contribution in [-0.4, -0.2) is 26.6 Å². The van der Waals surface area contributed by atoms with Gasteiger partial charge in [0.05, 0.1) is 23.3 Å². The van der Waals surface area contributed by atoms with Gasteiger partial charge in [0, 0.05) is 6.07 Å². The van der Waals surface area contributed by atoms with Gasteiger partial charge in [0.1, 0.15) is 5.75 Å². The molecule has 2 rings (SSSR count). The third-order valence-electron chi connectivity index (χ3n) is 3.03. The standard InChI is InChI=1S/C15H15NO5S/c1-10-3-6-12(7-4-10)22(19,20)16-14-9-11(21-2)5-8-13(14)15(17)18/h3-9,16H,1-2H3,(H,17,18). The monoisotopic (exact) mass is 321 g/mol. The lowest BCUT2D eigenvalue weighted by atomic mass is 10.2. The fraction of sp³-hybridized carbons (Fsp3) is 0.133. The lowest BCUT2D eigenvalue weighted by molar-refractivity contribution is 0.0698. The van der Waals surface area contributed by atoms with Crippen molar-refractivity contribution in [2.45, 2.75) is 11.8 Å². The van der Waals surface area contributed by atoms with E-state index in [1.807, 2.05) is 6.92 Å². The molecule has 0 saturated carbocycles. The molecule has 0 bridgehead atoms. The van der Waals surface area contributed by atoms with Crippen molar-refractivity contribution in [2.24, 2.45) is 0 Å². The number of anilines is 1. The lowest BCUT2D eigenvalue weighted by Gasteiger charge is -2.12. The number of carboxylic acid groups (broad SMARTS) is 1. The van der Waals surface area contributed by atoms with E-state index in [4.69, 9.17) is 9.84 Å². The topological polar surface area (TPSA) is 92.7 Å². The maximum absolute atomic E-state index is 12.3. The van der Waals surface area contributed by atoms with Crippen LogP contribution in [0.25, 0.3) is 0 Å². The van der Waals surface area contributed by atoms with Crippen LogP contribution >= 0.6 is 0 Å². The van der Waals surface area contributed by atoms with Gasteiger partial charge in [-0.2, -0.15) is 0 Å². The van der Waals surface area contributed by atoms with Crippen molar-refractivity contribution in [2.75, 3.05) is 11.8 Å². The van der Waals surface area contributed by atoms with Gasteiger partial charge >= 0.3 is 5.97 Å². The highest BCUT2D eigenvalue weighted by atomic mass is 32.2. The van der Waals surface area contributed by atoms with Crippen molar-refractivity contribution in [3.05, 3.63) is 53.6 Å². The Kier molecular flexibility index (Phi) is 4.37. The molecule has 0 atom stereocenters. The molecule has 0 unspecified atom stereocenters. The second-order valence-corrected chi connectivity index (χ2v) is 6.32. The van der Waals surface area contributed by atoms with Crippen LogP contribution in [0.2, 0.25) is 0 Å². The Bertz CT molecular complexity index is 797. The van der Waals surface area contributed by atoms with E-state index in [0.717, 1.165) is 5.56 Å². The summed E-state index contributed by atoms with van der Waals surface area (Å²) in [5.41, 5.74) is 0.718. The van der Waals surface area contributed by atoms with Crippen LogP contribution in [-0.2, 0) is 10.0 Å². The number of nitrogens with one attached hydrogen (secondary N) is 1. The summed E-state index contributed by atoms with van der Waals surface area (Å²) in [6.45, 7) is 1.84. The zero-order valence-corrected chi connectivity index (χ0v) is 12.8. The molecule has 2 N–H and O–H groups in total. The van der Waals surface area contributed by atoms with Crippen molar-refractivity contribution in [1.82, 2.24) is 0 Å². The Morgan fingerprint density at radius 3 is 2.32 bits per heavy atom. The quantitative estimate of drug-likeness (QED) is 0.882. The minimum Gasteiger partial charge on any atom is -0.497 e. The predicted molar refractivity (Wildman–Crippen MR) is 81.9 cm³/mol. The van der Waals surface area contributed by atoms with Crippen LogP contribution < -0.4 is 9.46 Å². The summed E-state index contributed by atoms with van der Waals surface area (Å²) >= 11 is 0. The molecule has 0 aliphatic carbocycles. The Labute approximate surface area is 128 Å². The van der Waals surface area contributed by atoms with Crippen LogP contribution in [0.3, 0.4) is 0 Å². The Morgan fingerprint density at radius 2 is 1.77 bits per heavy atom. The highest BCUT2D eigenvalue weighted by Gasteiger charge is 2.19. The third kappa shape index (κ3) is 3.37. The molecule has 2 aromatic carbocycles. The number of carboxylic acids is 1. The molecule has 0 radical (unpaired) electrons. The predicted octanol–water partition coefficient (Wildman–Crippen LogP) is 2.50. The minimum absolute atomic E-state index is 0.0487. The number of methoxy groups -OCH3 is 1. The average Bonchev–Trinajstić information content (AvgIpc) is 2.46. The number of carbonyl (C=O) groups is 1.